The Morgan fingerprint density at radius 2 is 2.08 bits per heavy atom. The molecule has 6 nitrogen and oxygen atoms in total. The highest BCUT2D eigenvalue weighted by Crippen LogP contribution is 2.24. The fourth-order valence-electron chi connectivity index (χ4n) is 2.94. The van der Waals surface area contributed by atoms with Crippen LogP contribution in [0.2, 0.25) is 0 Å². The number of rotatable bonds is 4. The van der Waals surface area contributed by atoms with E-state index in [1.54, 1.807) is 0 Å². The van der Waals surface area contributed by atoms with E-state index in [2.05, 4.69) is 22.5 Å². The molecule has 1 heterocycles. The molecule has 1 fully saturated rings. The van der Waals surface area contributed by atoms with Gasteiger partial charge in [0.05, 0.1) is 5.75 Å². The summed E-state index contributed by atoms with van der Waals surface area (Å²) in [4.78, 5) is 28.1. The van der Waals surface area contributed by atoms with E-state index in [1.807, 2.05) is 24.3 Å². The van der Waals surface area contributed by atoms with Gasteiger partial charge >= 0.3 is 6.03 Å². The first-order valence-corrected chi connectivity index (χ1v) is 9.19. The highest BCUT2D eigenvalue weighted by Gasteiger charge is 2.23. The number of hydrogen-bond acceptors (Lipinski definition) is 5. The van der Waals surface area contributed by atoms with E-state index in [-0.39, 0.29) is 17.7 Å². The van der Waals surface area contributed by atoms with E-state index in [0.29, 0.717) is 16.7 Å². The third-order valence-electron chi connectivity index (χ3n) is 4.28. The number of nitrogens with zero attached hydrogens (tertiary/aromatic N) is 1. The molecule has 2 atom stereocenters. The van der Waals surface area contributed by atoms with E-state index in [1.165, 1.54) is 18.2 Å². The van der Waals surface area contributed by atoms with Crippen LogP contribution in [0.15, 0.2) is 33.9 Å². The molecule has 2 N–H and O–H groups in total. The van der Waals surface area contributed by atoms with Gasteiger partial charge in [0.2, 0.25) is 5.91 Å². The number of fused-ring (bicyclic) bond motifs is 1. The van der Waals surface area contributed by atoms with Gasteiger partial charge in [-0.05, 0) is 30.9 Å². The average Bonchev–Trinajstić information content (AvgIpc) is 2.98. The lowest BCUT2D eigenvalue weighted by Gasteiger charge is -2.29. The molecule has 24 heavy (non-hydrogen) atoms. The molecular weight excluding hydrogens is 326 g/mol. The molecule has 3 rings (SSSR count). The number of thioether (sulfide) groups is 1. The first-order chi connectivity index (χ1) is 11.6. The molecule has 0 bridgehead atoms. The Hall–Kier alpha value is -2.02. The number of urea groups is 1. The minimum Gasteiger partial charge on any atom is -0.431 e. The topological polar surface area (TPSA) is 84.2 Å². The lowest BCUT2D eigenvalue weighted by Crippen LogP contribution is -2.48. The largest absolute Gasteiger partial charge is 0.431 e. The van der Waals surface area contributed by atoms with E-state index < -0.39 is 6.03 Å². The number of oxazole rings is 1. The van der Waals surface area contributed by atoms with Gasteiger partial charge in [-0.15, -0.1) is 0 Å². The van der Waals surface area contributed by atoms with Gasteiger partial charge in [0.15, 0.2) is 5.58 Å². The second kappa shape index (κ2) is 7.70. The van der Waals surface area contributed by atoms with Crippen LogP contribution in [0.4, 0.5) is 4.79 Å². The monoisotopic (exact) mass is 347 g/mol. The number of nitrogens with one attached hydrogen (secondary N) is 2. The second-order valence-electron chi connectivity index (χ2n) is 6.13. The Balaban J connectivity index is 1.45. The minimum absolute atomic E-state index is 0.0838. The quantitative estimate of drug-likeness (QED) is 0.829. The van der Waals surface area contributed by atoms with Crippen molar-refractivity contribution in [1.82, 2.24) is 15.6 Å². The lowest BCUT2D eigenvalue weighted by molar-refractivity contribution is -0.117. The smallest absolute Gasteiger partial charge is 0.321 e. The van der Waals surface area contributed by atoms with Crippen LogP contribution in [0.25, 0.3) is 11.1 Å². The number of carbonyl (C=O) groups excluding carboxylic acids is 2. The number of imide groups is 1. The summed E-state index contributed by atoms with van der Waals surface area (Å²) in [6.45, 7) is 2.13. The fraction of sp³-hybridized carbons (Fsp3) is 0.471. The third-order valence-corrected chi connectivity index (χ3v) is 5.11. The Bertz CT molecular complexity index is 698. The predicted octanol–water partition coefficient (Wildman–Crippen LogP) is 3.32. The molecular formula is C17H21N3O3S. The molecule has 0 aliphatic heterocycles. The number of aromatic nitrogens is 1. The molecule has 0 saturated heterocycles. The predicted molar refractivity (Wildman–Crippen MR) is 92.8 cm³/mol. The summed E-state index contributed by atoms with van der Waals surface area (Å²) in [5, 5.41) is 5.70. The number of carbonyl (C=O) groups is 2. The summed E-state index contributed by atoms with van der Waals surface area (Å²) < 4.78 is 5.53. The van der Waals surface area contributed by atoms with Gasteiger partial charge in [-0.3, -0.25) is 10.1 Å². The zero-order valence-electron chi connectivity index (χ0n) is 13.6. The lowest BCUT2D eigenvalue weighted by atomic mass is 9.86. The third kappa shape index (κ3) is 4.29. The number of benzene rings is 1. The van der Waals surface area contributed by atoms with E-state index in [0.717, 1.165) is 24.8 Å². The summed E-state index contributed by atoms with van der Waals surface area (Å²) in [7, 11) is 0. The number of para-hydroxylation sites is 2. The van der Waals surface area contributed by atoms with E-state index in [4.69, 9.17) is 4.42 Å². The van der Waals surface area contributed by atoms with Crippen LogP contribution in [0.1, 0.15) is 32.6 Å². The molecule has 2 unspecified atom stereocenters. The molecule has 2 aromatic rings. The van der Waals surface area contributed by atoms with Crippen molar-refractivity contribution in [2.45, 2.75) is 43.9 Å². The molecule has 0 spiro atoms. The van der Waals surface area contributed by atoms with Crippen LogP contribution >= 0.6 is 11.8 Å². The van der Waals surface area contributed by atoms with Gasteiger partial charge in [-0.1, -0.05) is 43.7 Å². The van der Waals surface area contributed by atoms with Crippen LogP contribution in [-0.2, 0) is 4.79 Å². The normalized spacial score (nSPS) is 20.7. The molecule has 3 amide bonds. The molecule has 1 aromatic carbocycles. The van der Waals surface area contributed by atoms with Crippen LogP contribution in [-0.4, -0.2) is 28.7 Å². The van der Waals surface area contributed by atoms with E-state index in [9.17, 15) is 9.59 Å². The van der Waals surface area contributed by atoms with Crippen LogP contribution in [0.3, 0.4) is 0 Å². The summed E-state index contributed by atoms with van der Waals surface area (Å²) >= 11 is 1.17. The molecule has 1 aromatic heterocycles. The highest BCUT2D eigenvalue weighted by molar-refractivity contribution is 7.99. The number of hydrogen-bond donors (Lipinski definition) is 2. The van der Waals surface area contributed by atoms with Gasteiger partial charge in [-0.2, -0.15) is 0 Å². The zero-order chi connectivity index (χ0) is 16.9. The Labute approximate surface area is 144 Å². The molecule has 128 valence electrons. The summed E-state index contributed by atoms with van der Waals surface area (Å²) in [5.74, 6) is 0.178. The minimum atomic E-state index is -0.420. The van der Waals surface area contributed by atoms with Crippen molar-refractivity contribution < 1.29 is 14.0 Å². The van der Waals surface area contributed by atoms with Crippen molar-refractivity contribution in [1.29, 1.82) is 0 Å². The summed E-state index contributed by atoms with van der Waals surface area (Å²) in [6.07, 6.45) is 4.42. The molecule has 1 aliphatic rings. The van der Waals surface area contributed by atoms with Gasteiger partial charge in [0.1, 0.15) is 5.52 Å². The molecule has 1 aliphatic carbocycles. The first kappa shape index (κ1) is 16.8. The maximum absolute atomic E-state index is 11.9. The van der Waals surface area contributed by atoms with Crippen LogP contribution < -0.4 is 10.6 Å². The van der Waals surface area contributed by atoms with E-state index >= 15 is 0 Å². The molecule has 7 heteroatoms. The Kier molecular flexibility index (Phi) is 5.40. The van der Waals surface area contributed by atoms with Crippen molar-refractivity contribution >= 4 is 34.8 Å². The zero-order valence-corrected chi connectivity index (χ0v) is 14.4. The Morgan fingerprint density at radius 3 is 2.88 bits per heavy atom. The van der Waals surface area contributed by atoms with Crippen molar-refractivity contribution in [2.24, 2.45) is 5.92 Å². The van der Waals surface area contributed by atoms with Crippen molar-refractivity contribution in [3.63, 3.8) is 0 Å². The second-order valence-corrected chi connectivity index (χ2v) is 7.05. The van der Waals surface area contributed by atoms with Gasteiger partial charge in [-0.25, -0.2) is 9.78 Å². The van der Waals surface area contributed by atoms with Crippen molar-refractivity contribution in [3.05, 3.63) is 24.3 Å². The first-order valence-electron chi connectivity index (χ1n) is 8.20. The maximum Gasteiger partial charge on any atom is 0.321 e. The maximum atomic E-state index is 11.9. The van der Waals surface area contributed by atoms with Gasteiger partial charge < -0.3 is 9.73 Å². The fourth-order valence-corrected chi connectivity index (χ4v) is 3.58. The average molecular weight is 347 g/mol. The van der Waals surface area contributed by atoms with Crippen LogP contribution in [0.5, 0.6) is 0 Å². The Morgan fingerprint density at radius 1 is 1.29 bits per heavy atom. The van der Waals surface area contributed by atoms with Crippen molar-refractivity contribution in [2.75, 3.05) is 5.75 Å². The van der Waals surface area contributed by atoms with Crippen LogP contribution in [0, 0.1) is 5.92 Å². The van der Waals surface area contributed by atoms with Gasteiger partial charge in [0.25, 0.3) is 5.22 Å². The SMILES string of the molecule is CC1CCCCC1NC(=O)NC(=O)CSc1nc2ccccc2o1. The van der Waals surface area contributed by atoms with Gasteiger partial charge in [0, 0.05) is 6.04 Å². The summed E-state index contributed by atoms with van der Waals surface area (Å²) in [5.41, 5.74) is 1.44. The summed E-state index contributed by atoms with van der Waals surface area (Å²) in [6, 6.07) is 7.15. The standard InChI is InChI=1S/C17H21N3O3S/c1-11-6-2-3-7-12(11)18-16(22)20-15(21)10-24-17-19-13-8-4-5-9-14(13)23-17/h4-5,8-9,11-12H,2-3,6-7,10H2,1H3,(H2,18,20,21,22). The highest BCUT2D eigenvalue weighted by atomic mass is 32.2. The molecule has 1 saturated carbocycles. The number of amides is 3. The molecule has 0 radical (unpaired) electrons. The van der Waals surface area contributed by atoms with Crippen molar-refractivity contribution in [3.8, 4) is 0 Å².